The zero-order valence-corrected chi connectivity index (χ0v) is 7.14. The first-order valence-electron chi connectivity index (χ1n) is 6.19. The highest BCUT2D eigenvalue weighted by molar-refractivity contribution is 5.65. The maximum atomic E-state index is 10.5. The molecule has 1 rings (SSSR count). The predicted molar refractivity (Wildman–Crippen MR) is 48.6 cm³/mol. The third kappa shape index (κ3) is 4.15. The molecule has 1 aromatic carbocycles. The van der Waals surface area contributed by atoms with Gasteiger partial charge < -0.3 is 9.47 Å². The van der Waals surface area contributed by atoms with Crippen molar-refractivity contribution in [1.29, 1.82) is 0 Å². The summed E-state index contributed by atoms with van der Waals surface area (Å²) in [5, 5.41) is 0. The summed E-state index contributed by atoms with van der Waals surface area (Å²) in [6, 6.07) is -2.22. The fourth-order valence-corrected chi connectivity index (χ4v) is 0.640. The quantitative estimate of drug-likeness (QED) is 0.528. The van der Waals surface area contributed by atoms with Gasteiger partial charge in [-0.05, 0) is 12.1 Å². The zero-order valence-electron chi connectivity index (χ0n) is 12.1. The molecule has 0 saturated heterocycles. The Labute approximate surface area is 84.3 Å². The highest BCUT2D eigenvalue weighted by Gasteiger charge is 1.93. The average molecular weight is 185 g/mol. The van der Waals surface area contributed by atoms with Gasteiger partial charge >= 0.3 is 5.97 Å². The van der Waals surface area contributed by atoms with Crippen LogP contribution in [0, 0.1) is 0 Å². The van der Waals surface area contributed by atoms with E-state index in [-0.39, 0.29) is 19.0 Å². The topological polar surface area (TPSA) is 35.5 Å². The molecular formula is C10H12O3. The Balaban J connectivity index is 2.86. The van der Waals surface area contributed by atoms with Crippen molar-refractivity contribution < 1.29 is 21.1 Å². The van der Waals surface area contributed by atoms with Gasteiger partial charge in [-0.15, -0.1) is 0 Å². The summed E-state index contributed by atoms with van der Waals surface area (Å²) < 4.78 is 47.0. The molecule has 13 heavy (non-hydrogen) atoms. The summed E-state index contributed by atoms with van der Waals surface area (Å²) in [5.74, 6) is -0.715. The van der Waals surface area contributed by atoms with Crippen LogP contribution in [0.5, 0.6) is 5.75 Å². The molecule has 0 unspecified atom stereocenters. The third-order valence-electron chi connectivity index (χ3n) is 1.11. The summed E-state index contributed by atoms with van der Waals surface area (Å²) in [7, 11) is 0. The van der Waals surface area contributed by atoms with Crippen molar-refractivity contribution in [2.24, 2.45) is 0 Å². The van der Waals surface area contributed by atoms with Gasteiger partial charge in [0.25, 0.3) is 0 Å². The van der Waals surface area contributed by atoms with E-state index in [1.807, 2.05) is 0 Å². The Bertz CT molecular complexity index is 446. The molecule has 1 aromatic rings. The van der Waals surface area contributed by atoms with Crippen LogP contribution in [0.1, 0.15) is 13.8 Å². The summed E-state index contributed by atoms with van der Waals surface area (Å²) in [4.78, 5) is 10.5. The van der Waals surface area contributed by atoms with Gasteiger partial charge in [0.05, 0.1) is 6.85 Å². The van der Waals surface area contributed by atoms with E-state index in [1.165, 1.54) is 6.92 Å². The number of ether oxygens (including phenoxy) is 2. The number of benzene rings is 1. The van der Waals surface area contributed by atoms with Crippen molar-refractivity contribution in [3.63, 3.8) is 0 Å². The summed E-state index contributed by atoms with van der Waals surface area (Å²) in [5.41, 5.74) is 0. The Hall–Kier alpha value is -1.51. The monoisotopic (exact) mass is 185 g/mol. The maximum absolute atomic E-state index is 10.5. The smallest absolute Gasteiger partial charge is 0.302 e. The lowest BCUT2D eigenvalue weighted by Gasteiger charge is -2.05. The van der Waals surface area contributed by atoms with Crippen LogP contribution in [0.15, 0.2) is 30.2 Å². The van der Waals surface area contributed by atoms with Gasteiger partial charge in [-0.1, -0.05) is 18.1 Å². The minimum Gasteiger partial charge on any atom is -0.490 e. The molecule has 0 radical (unpaired) electrons. The van der Waals surface area contributed by atoms with Gasteiger partial charge in [0, 0.05) is 6.92 Å². The fourth-order valence-electron chi connectivity index (χ4n) is 0.640. The van der Waals surface area contributed by atoms with Gasteiger partial charge in [-0.2, -0.15) is 0 Å². The molecule has 0 fully saturated rings. The molecule has 0 aliphatic carbocycles. The molecule has 3 heteroatoms. The molecule has 0 heterocycles. The van der Waals surface area contributed by atoms with Crippen LogP contribution < -0.4 is 4.74 Å². The minimum atomic E-state index is -0.475. The van der Waals surface area contributed by atoms with E-state index in [2.05, 4.69) is 4.74 Å². The predicted octanol–water partition coefficient (Wildman–Crippen LogP) is 1.63. The van der Waals surface area contributed by atoms with Crippen molar-refractivity contribution in [2.45, 2.75) is 6.92 Å². The number of carbonyl (C=O) groups is 1. The lowest BCUT2D eigenvalue weighted by atomic mass is 10.3. The molecule has 0 aliphatic heterocycles. The zero-order chi connectivity index (χ0) is 13.9. The minimum absolute atomic E-state index is 0.0441. The Kier molecular flexibility index (Phi) is 1.86. The molecular weight excluding hydrogens is 168 g/mol. The Morgan fingerprint density at radius 3 is 2.69 bits per heavy atom. The van der Waals surface area contributed by atoms with E-state index < -0.39 is 36.2 Å². The normalized spacial score (nSPS) is 14.7. The molecule has 0 saturated carbocycles. The van der Waals surface area contributed by atoms with Gasteiger partial charge in [0.1, 0.15) is 19.0 Å². The molecule has 0 spiro atoms. The number of carbonyl (C=O) groups excluding carboxylic acids is 1. The van der Waals surface area contributed by atoms with Crippen LogP contribution in [0.25, 0.3) is 0 Å². The first-order chi connectivity index (χ1) is 8.36. The van der Waals surface area contributed by atoms with Crippen molar-refractivity contribution in [1.82, 2.24) is 0 Å². The lowest BCUT2D eigenvalue weighted by Crippen LogP contribution is -2.09. The molecule has 0 aromatic heterocycles. The van der Waals surface area contributed by atoms with E-state index in [4.69, 9.17) is 11.6 Å². The maximum Gasteiger partial charge on any atom is 0.302 e. The molecule has 0 aliphatic rings. The number of hydrogen-bond acceptors (Lipinski definition) is 3. The van der Waals surface area contributed by atoms with E-state index in [0.717, 1.165) is 0 Å². The summed E-state index contributed by atoms with van der Waals surface area (Å²) in [6.45, 7) is 1.12. The first-order valence-corrected chi connectivity index (χ1v) is 3.69. The average Bonchev–Trinajstić information content (AvgIpc) is 2.32. The van der Waals surface area contributed by atoms with E-state index >= 15 is 0 Å². The molecule has 0 bridgehead atoms. The second kappa shape index (κ2) is 5.19. The van der Waals surface area contributed by atoms with Gasteiger partial charge in [0.2, 0.25) is 0 Å². The summed E-state index contributed by atoms with van der Waals surface area (Å²) in [6.07, 6.45) is 0. The van der Waals surface area contributed by atoms with E-state index in [1.54, 1.807) is 0 Å². The molecule has 0 amide bonds. The van der Waals surface area contributed by atoms with Crippen molar-refractivity contribution >= 4 is 5.97 Å². The van der Waals surface area contributed by atoms with Crippen molar-refractivity contribution in [2.75, 3.05) is 13.2 Å². The van der Waals surface area contributed by atoms with Gasteiger partial charge in [-0.25, -0.2) is 0 Å². The number of esters is 1. The summed E-state index contributed by atoms with van der Waals surface area (Å²) >= 11 is 0. The second-order valence-corrected chi connectivity index (χ2v) is 2.14. The number of rotatable bonds is 4. The third-order valence-corrected chi connectivity index (χ3v) is 1.11. The standard InChI is InChI=1S/C10H12O3/c1-9(11)12-7-8-13-10-5-3-2-4-6-10/h2-6H,7-8H2,1H3/i2D,3D,4D,5D,6D. The highest BCUT2D eigenvalue weighted by Crippen LogP contribution is 2.07. The van der Waals surface area contributed by atoms with Crippen LogP contribution in [-0.2, 0) is 9.53 Å². The largest absolute Gasteiger partial charge is 0.490 e. The Morgan fingerprint density at radius 1 is 1.38 bits per heavy atom. The number of para-hydroxylation sites is 1. The molecule has 0 N–H and O–H groups in total. The van der Waals surface area contributed by atoms with Crippen LogP contribution in [0.3, 0.4) is 0 Å². The molecule has 70 valence electrons. The van der Waals surface area contributed by atoms with Gasteiger partial charge in [0.15, 0.2) is 0 Å². The van der Waals surface area contributed by atoms with Gasteiger partial charge in [-0.3, -0.25) is 4.79 Å². The van der Waals surface area contributed by atoms with Crippen molar-refractivity contribution in [3.8, 4) is 5.75 Å². The SMILES string of the molecule is [2H]c1c([2H])c([2H])c(OCCOC(C)=O)c([2H])c1[2H]. The van der Waals surface area contributed by atoms with Crippen molar-refractivity contribution in [3.05, 3.63) is 30.2 Å². The van der Waals surface area contributed by atoms with E-state index in [0.29, 0.717) is 0 Å². The first kappa shape index (κ1) is 4.65. The Morgan fingerprint density at radius 2 is 2.08 bits per heavy atom. The molecule has 3 nitrogen and oxygen atoms in total. The van der Waals surface area contributed by atoms with Crippen LogP contribution >= 0.6 is 0 Å². The lowest BCUT2D eigenvalue weighted by molar-refractivity contribution is -0.141. The fraction of sp³-hybridized carbons (Fsp3) is 0.300. The number of hydrogen-bond donors (Lipinski definition) is 0. The molecule has 0 atom stereocenters. The van der Waals surface area contributed by atoms with E-state index in [9.17, 15) is 4.79 Å². The van der Waals surface area contributed by atoms with Crippen LogP contribution in [0.4, 0.5) is 0 Å². The second-order valence-electron chi connectivity index (χ2n) is 2.14. The van der Waals surface area contributed by atoms with Crippen LogP contribution in [-0.4, -0.2) is 19.2 Å². The highest BCUT2D eigenvalue weighted by atomic mass is 16.6. The van der Waals surface area contributed by atoms with Crippen LogP contribution in [0.2, 0.25) is 0 Å².